The predicted molar refractivity (Wildman–Crippen MR) is 54.0 cm³/mol. The number of carbonyl (C=O) groups excluding carboxylic acids is 1. The molecule has 5 heteroatoms. The Kier molecular flexibility index (Phi) is 3.82. The van der Waals surface area contributed by atoms with E-state index in [2.05, 4.69) is 0 Å². The lowest BCUT2D eigenvalue weighted by Gasteiger charge is -2.04. The Labute approximate surface area is 91.1 Å². The van der Waals surface area contributed by atoms with Crippen LogP contribution >= 0.6 is 11.6 Å². The van der Waals surface area contributed by atoms with E-state index in [0.717, 1.165) is 0 Å². The zero-order chi connectivity index (χ0) is 11.4. The van der Waals surface area contributed by atoms with Gasteiger partial charge in [0.15, 0.2) is 11.9 Å². The van der Waals surface area contributed by atoms with Crippen molar-refractivity contribution in [1.82, 2.24) is 0 Å². The maximum atomic E-state index is 11.4. The lowest BCUT2D eigenvalue weighted by atomic mass is 10.1. The Morgan fingerprint density at radius 1 is 1.27 bits per heavy atom. The summed E-state index contributed by atoms with van der Waals surface area (Å²) < 4.78 is 0. The van der Waals surface area contributed by atoms with Gasteiger partial charge in [-0.25, -0.2) is 4.79 Å². The Hall–Kier alpha value is -1.39. The van der Waals surface area contributed by atoms with E-state index in [9.17, 15) is 9.59 Å². The molecule has 1 rings (SSSR count). The molecule has 1 atom stereocenters. The van der Waals surface area contributed by atoms with Crippen LogP contribution in [0.1, 0.15) is 16.8 Å². The SMILES string of the molecule is O=C(CC(O)C(=O)O)c1ccc(Cl)cc1. The van der Waals surface area contributed by atoms with Crippen LogP contribution in [0.5, 0.6) is 0 Å². The molecular formula is C10H9ClO4. The highest BCUT2D eigenvalue weighted by molar-refractivity contribution is 6.30. The average Bonchev–Trinajstić information content (AvgIpc) is 2.18. The Bertz CT molecular complexity index is 372. The van der Waals surface area contributed by atoms with E-state index in [1.165, 1.54) is 24.3 Å². The van der Waals surface area contributed by atoms with Crippen molar-refractivity contribution in [3.05, 3.63) is 34.9 Å². The van der Waals surface area contributed by atoms with E-state index in [1.807, 2.05) is 0 Å². The second kappa shape index (κ2) is 4.91. The molecule has 0 fully saturated rings. The number of aliphatic hydroxyl groups is 1. The summed E-state index contributed by atoms with van der Waals surface area (Å²) in [6, 6.07) is 6.03. The maximum absolute atomic E-state index is 11.4. The van der Waals surface area contributed by atoms with Gasteiger partial charge in [-0.1, -0.05) is 11.6 Å². The minimum Gasteiger partial charge on any atom is -0.479 e. The van der Waals surface area contributed by atoms with Gasteiger partial charge in [-0.3, -0.25) is 4.79 Å². The standard InChI is InChI=1S/C10H9ClO4/c11-7-3-1-6(2-4-7)8(12)5-9(13)10(14)15/h1-4,9,13H,5H2,(H,14,15). The second-order valence-electron chi connectivity index (χ2n) is 2.99. The molecule has 2 N–H and O–H groups in total. The smallest absolute Gasteiger partial charge is 0.332 e. The summed E-state index contributed by atoms with van der Waals surface area (Å²) in [6.07, 6.45) is -2.09. The van der Waals surface area contributed by atoms with Crippen LogP contribution in [-0.2, 0) is 4.79 Å². The van der Waals surface area contributed by atoms with Gasteiger partial charge in [0.25, 0.3) is 0 Å². The minimum absolute atomic E-state index is 0.333. The van der Waals surface area contributed by atoms with Gasteiger partial charge in [-0.05, 0) is 24.3 Å². The van der Waals surface area contributed by atoms with Gasteiger partial charge in [0.2, 0.25) is 0 Å². The highest BCUT2D eigenvalue weighted by atomic mass is 35.5. The van der Waals surface area contributed by atoms with E-state index >= 15 is 0 Å². The van der Waals surface area contributed by atoms with Gasteiger partial charge in [-0.15, -0.1) is 0 Å². The number of benzene rings is 1. The lowest BCUT2D eigenvalue weighted by molar-refractivity contribution is -0.146. The maximum Gasteiger partial charge on any atom is 0.332 e. The van der Waals surface area contributed by atoms with Crippen LogP contribution in [0.15, 0.2) is 24.3 Å². The van der Waals surface area contributed by atoms with Crippen molar-refractivity contribution in [1.29, 1.82) is 0 Å². The minimum atomic E-state index is -1.66. The quantitative estimate of drug-likeness (QED) is 0.763. The molecule has 15 heavy (non-hydrogen) atoms. The fraction of sp³-hybridized carbons (Fsp3) is 0.200. The van der Waals surface area contributed by atoms with Crippen molar-refractivity contribution in [2.24, 2.45) is 0 Å². The summed E-state index contributed by atoms with van der Waals surface area (Å²) in [7, 11) is 0. The topological polar surface area (TPSA) is 74.6 Å². The van der Waals surface area contributed by atoms with Crippen LogP contribution in [0.3, 0.4) is 0 Å². The molecule has 0 heterocycles. The lowest BCUT2D eigenvalue weighted by Crippen LogP contribution is -2.23. The number of carboxylic acid groups (broad SMARTS) is 1. The molecular weight excluding hydrogens is 220 g/mol. The van der Waals surface area contributed by atoms with Gasteiger partial charge < -0.3 is 10.2 Å². The number of Topliss-reactive ketones (excluding diaryl/α,β-unsaturated/α-hetero) is 1. The molecule has 0 aromatic heterocycles. The third-order valence-electron chi connectivity index (χ3n) is 1.83. The fourth-order valence-corrected chi connectivity index (χ4v) is 1.14. The summed E-state index contributed by atoms with van der Waals surface area (Å²) in [5.41, 5.74) is 0.333. The average molecular weight is 229 g/mol. The number of aliphatic hydroxyl groups excluding tert-OH is 1. The fourth-order valence-electron chi connectivity index (χ4n) is 1.02. The predicted octanol–water partition coefficient (Wildman–Crippen LogP) is 1.36. The third kappa shape index (κ3) is 3.34. The Morgan fingerprint density at radius 3 is 2.27 bits per heavy atom. The number of carboxylic acids is 1. The number of hydrogen-bond acceptors (Lipinski definition) is 3. The monoisotopic (exact) mass is 228 g/mol. The van der Waals surface area contributed by atoms with E-state index in [0.29, 0.717) is 10.6 Å². The number of hydrogen-bond donors (Lipinski definition) is 2. The number of aliphatic carboxylic acids is 1. The Morgan fingerprint density at radius 2 is 1.80 bits per heavy atom. The van der Waals surface area contributed by atoms with E-state index in [4.69, 9.17) is 21.8 Å². The molecule has 0 bridgehead atoms. The van der Waals surface area contributed by atoms with E-state index in [1.54, 1.807) is 0 Å². The van der Waals surface area contributed by atoms with Crippen LogP contribution in [0.4, 0.5) is 0 Å². The molecule has 80 valence electrons. The first-order chi connectivity index (χ1) is 7.00. The summed E-state index contributed by atoms with van der Waals surface area (Å²) in [5.74, 6) is -1.83. The zero-order valence-corrected chi connectivity index (χ0v) is 8.44. The van der Waals surface area contributed by atoms with Crippen molar-refractivity contribution < 1.29 is 19.8 Å². The molecule has 0 saturated heterocycles. The van der Waals surface area contributed by atoms with Gasteiger partial charge in [0.1, 0.15) is 0 Å². The summed E-state index contributed by atoms with van der Waals surface area (Å²) >= 11 is 5.62. The molecule has 1 aromatic rings. The number of carbonyl (C=O) groups is 2. The van der Waals surface area contributed by atoms with Gasteiger partial charge >= 0.3 is 5.97 Å². The van der Waals surface area contributed by atoms with Crippen LogP contribution in [0, 0.1) is 0 Å². The van der Waals surface area contributed by atoms with Crippen molar-refractivity contribution in [3.63, 3.8) is 0 Å². The summed E-state index contributed by atoms with van der Waals surface area (Å²) in [4.78, 5) is 21.7. The van der Waals surface area contributed by atoms with Crippen molar-refractivity contribution in [2.75, 3.05) is 0 Å². The third-order valence-corrected chi connectivity index (χ3v) is 2.08. The van der Waals surface area contributed by atoms with Crippen LogP contribution in [0.2, 0.25) is 5.02 Å². The molecule has 1 unspecified atom stereocenters. The number of rotatable bonds is 4. The van der Waals surface area contributed by atoms with Crippen LogP contribution in [-0.4, -0.2) is 28.1 Å². The zero-order valence-electron chi connectivity index (χ0n) is 7.68. The molecule has 0 spiro atoms. The highest BCUT2D eigenvalue weighted by Gasteiger charge is 2.18. The number of ketones is 1. The highest BCUT2D eigenvalue weighted by Crippen LogP contribution is 2.11. The van der Waals surface area contributed by atoms with Crippen molar-refractivity contribution >= 4 is 23.4 Å². The molecule has 0 aliphatic rings. The molecule has 1 aromatic carbocycles. The molecule has 0 aliphatic heterocycles. The van der Waals surface area contributed by atoms with Crippen molar-refractivity contribution in [3.8, 4) is 0 Å². The molecule has 0 aliphatic carbocycles. The number of halogens is 1. The van der Waals surface area contributed by atoms with Gasteiger partial charge in [-0.2, -0.15) is 0 Å². The van der Waals surface area contributed by atoms with Gasteiger partial charge in [0, 0.05) is 17.0 Å². The molecule has 4 nitrogen and oxygen atoms in total. The van der Waals surface area contributed by atoms with E-state index in [-0.39, 0.29) is 0 Å². The largest absolute Gasteiger partial charge is 0.479 e. The summed E-state index contributed by atoms with van der Waals surface area (Å²) in [5, 5.41) is 17.9. The summed E-state index contributed by atoms with van der Waals surface area (Å²) in [6.45, 7) is 0. The molecule has 0 amide bonds. The van der Waals surface area contributed by atoms with E-state index < -0.39 is 24.3 Å². The first-order valence-electron chi connectivity index (χ1n) is 4.20. The normalized spacial score (nSPS) is 12.1. The van der Waals surface area contributed by atoms with Gasteiger partial charge in [0.05, 0.1) is 0 Å². The first-order valence-corrected chi connectivity index (χ1v) is 4.58. The van der Waals surface area contributed by atoms with Crippen molar-refractivity contribution in [2.45, 2.75) is 12.5 Å². The van der Waals surface area contributed by atoms with Crippen LogP contribution < -0.4 is 0 Å². The Balaban J connectivity index is 2.69. The second-order valence-corrected chi connectivity index (χ2v) is 3.42. The molecule has 0 radical (unpaired) electrons. The van der Waals surface area contributed by atoms with Crippen LogP contribution in [0.25, 0.3) is 0 Å². The first kappa shape index (κ1) is 11.7. The molecule has 0 saturated carbocycles.